The van der Waals surface area contributed by atoms with Crippen molar-refractivity contribution in [3.05, 3.63) is 29.8 Å². The summed E-state index contributed by atoms with van der Waals surface area (Å²) in [4.78, 5) is 161. The van der Waals surface area contributed by atoms with Gasteiger partial charge in [0.1, 0.15) is 48.0 Å². The van der Waals surface area contributed by atoms with Crippen LogP contribution in [0.3, 0.4) is 0 Å². The van der Waals surface area contributed by atoms with E-state index in [1.54, 1.807) is 27.7 Å². The Labute approximate surface area is 405 Å². The lowest BCUT2D eigenvalue weighted by Crippen LogP contribution is -2.62. The van der Waals surface area contributed by atoms with Crippen LogP contribution in [0.4, 0.5) is 0 Å². The van der Waals surface area contributed by atoms with Gasteiger partial charge in [-0.1, -0.05) is 46.2 Å². The molecule has 0 radical (unpaired) electrons. The van der Waals surface area contributed by atoms with Crippen LogP contribution in [-0.4, -0.2) is 143 Å². The molecular weight excluding hydrogens is 917 g/mol. The molecule has 3 rings (SSSR count). The van der Waals surface area contributed by atoms with Crippen LogP contribution in [-0.2, 0) is 64.0 Å². The number of likely N-dealkylation sites (tertiary alicyclic amines) is 1. The monoisotopic (exact) mass is 985 g/mol. The molecule has 2 saturated heterocycles. The van der Waals surface area contributed by atoms with E-state index in [9.17, 15) is 62.6 Å². The number of benzene rings is 1. The van der Waals surface area contributed by atoms with Gasteiger partial charge in [-0.2, -0.15) is 0 Å². The van der Waals surface area contributed by atoms with Crippen LogP contribution in [0.15, 0.2) is 24.3 Å². The number of phenolic OH excluding ortho intramolecular Hbond substituents is 1. The van der Waals surface area contributed by atoms with E-state index in [0.29, 0.717) is 24.8 Å². The van der Waals surface area contributed by atoms with Gasteiger partial charge in [-0.25, -0.2) is 0 Å². The molecule has 15 N–H and O–H groups in total. The first-order valence-corrected chi connectivity index (χ1v) is 23.3. The van der Waals surface area contributed by atoms with Crippen LogP contribution in [0.5, 0.6) is 5.75 Å². The molecule has 2 heterocycles. The Bertz CT molecular complexity index is 2100. The Balaban J connectivity index is 2.08. The van der Waals surface area contributed by atoms with Crippen molar-refractivity contribution in [2.24, 2.45) is 29.0 Å². The highest BCUT2D eigenvalue weighted by Gasteiger charge is 2.40. The van der Waals surface area contributed by atoms with Crippen molar-refractivity contribution in [3.63, 3.8) is 0 Å². The number of amides is 12. The van der Waals surface area contributed by atoms with Gasteiger partial charge in [0, 0.05) is 25.8 Å². The Morgan fingerprint density at radius 2 is 1.40 bits per heavy atom. The number of nitrogens with two attached hydrogens (primary N) is 3. The zero-order valence-corrected chi connectivity index (χ0v) is 39.9. The molecule has 0 bridgehead atoms. The number of aromatic hydroxyl groups is 1. The summed E-state index contributed by atoms with van der Waals surface area (Å²) in [7, 11) is 0. The Morgan fingerprint density at radius 3 is 2.01 bits per heavy atom. The lowest BCUT2D eigenvalue weighted by atomic mass is 9.96. The molecule has 2 aliphatic heterocycles. The Kier molecular flexibility index (Phi) is 22.5. The van der Waals surface area contributed by atoms with E-state index in [1.165, 1.54) is 29.2 Å². The molecule has 2 aliphatic rings. The smallest absolute Gasteiger partial charge is 0.245 e. The van der Waals surface area contributed by atoms with Crippen molar-refractivity contribution < 1.29 is 62.6 Å². The third kappa shape index (κ3) is 18.6. The van der Waals surface area contributed by atoms with Crippen molar-refractivity contribution >= 4 is 70.9 Å². The normalized spacial score (nSPS) is 23.1. The number of phenols is 1. The molecule has 2 fully saturated rings. The molecule has 386 valence electrons. The third-order valence-electron chi connectivity index (χ3n) is 11.8. The quantitative estimate of drug-likeness (QED) is 0.0709. The molecule has 12 amide bonds. The molecule has 5 unspecified atom stereocenters. The van der Waals surface area contributed by atoms with Crippen LogP contribution in [0.25, 0.3) is 0 Å². The van der Waals surface area contributed by atoms with Crippen molar-refractivity contribution in [1.29, 1.82) is 0 Å². The van der Waals surface area contributed by atoms with E-state index in [2.05, 4.69) is 42.5 Å². The van der Waals surface area contributed by atoms with Gasteiger partial charge in [-0.15, -0.1) is 0 Å². The number of carbonyl (C=O) groups is 12. The van der Waals surface area contributed by atoms with E-state index in [1.807, 2.05) is 0 Å². The van der Waals surface area contributed by atoms with E-state index < -0.39 is 164 Å². The van der Waals surface area contributed by atoms with Crippen LogP contribution >= 0.6 is 0 Å². The number of nitrogens with zero attached hydrogens (tertiary/aromatic N) is 1. The average molecular weight is 985 g/mol. The standard InChI is InChI=1S/C45H68N12O13/c1-5-24(4)38-44(69)52-27(13-15-33(46)59)40(65)54-31(20-34(47)60)41(66)53-28(14-16-36(62)49-22-37(63)51-30(42(67)56-38)19-25-9-11-26(58)12-10-25)45(70)57-17-7-6-8-32(57)43(68)55-29(18-23(2)3)39(64)50-21-35(48)61/h9-12,23-24,27-32,38,58H,5-8,13-22H2,1-4H3,(H2,46,59)(H2,47,60)(H2,48,61)(H,49,62)(H,50,64)(H,51,63)(H,52,69)(H,53,66)(H,54,65)(H,55,68)(H,56,67)/t24?,27-,28?,29?,30-,31-,32?,38?/m0/s1. The molecule has 70 heavy (non-hydrogen) atoms. The van der Waals surface area contributed by atoms with Gasteiger partial charge < -0.3 is 69.7 Å². The summed E-state index contributed by atoms with van der Waals surface area (Å²) in [6, 6.07) is -4.38. The second kappa shape index (κ2) is 27.6. The van der Waals surface area contributed by atoms with Gasteiger partial charge in [-0.05, 0) is 68.1 Å². The zero-order chi connectivity index (χ0) is 52.2. The summed E-state index contributed by atoms with van der Waals surface area (Å²) < 4.78 is 0. The van der Waals surface area contributed by atoms with Gasteiger partial charge in [0.2, 0.25) is 70.9 Å². The fourth-order valence-corrected chi connectivity index (χ4v) is 7.79. The first-order valence-electron chi connectivity index (χ1n) is 23.3. The number of primary amides is 3. The maximum atomic E-state index is 14.6. The molecule has 0 aromatic heterocycles. The maximum absolute atomic E-state index is 14.6. The molecule has 25 nitrogen and oxygen atoms in total. The highest BCUT2D eigenvalue weighted by atomic mass is 16.3. The Morgan fingerprint density at radius 1 is 0.757 bits per heavy atom. The fraction of sp³-hybridized carbons (Fsp3) is 0.600. The van der Waals surface area contributed by atoms with Gasteiger partial charge in [-0.3, -0.25) is 57.5 Å². The number of piperidine rings is 1. The third-order valence-corrected chi connectivity index (χ3v) is 11.8. The molecule has 0 aliphatic carbocycles. The molecule has 0 spiro atoms. The summed E-state index contributed by atoms with van der Waals surface area (Å²) in [5.41, 5.74) is 16.6. The van der Waals surface area contributed by atoms with E-state index in [-0.39, 0.29) is 37.5 Å². The summed E-state index contributed by atoms with van der Waals surface area (Å²) >= 11 is 0. The van der Waals surface area contributed by atoms with Gasteiger partial charge in [0.05, 0.1) is 19.5 Å². The summed E-state index contributed by atoms with van der Waals surface area (Å²) in [5.74, 6) is -11.5. The first kappa shape index (κ1) is 57.0. The SMILES string of the molecule is CCC(C)C1NC(=O)[C@H](Cc2ccc(O)cc2)NC(=O)CNC(=O)CCC(C(=O)N2CCCCC2C(=O)NC(CC(C)C)C(=O)NCC(N)=O)NC(=O)[C@H](CC(N)=O)NC(=O)[C@H](CCC(N)=O)NC1=O. The molecule has 0 saturated carbocycles. The molecule has 25 heteroatoms. The number of carbonyl (C=O) groups excluding carboxylic acids is 12. The number of nitrogens with one attached hydrogen (secondary N) is 8. The summed E-state index contributed by atoms with van der Waals surface area (Å²) in [6.45, 7) is 5.77. The lowest BCUT2D eigenvalue weighted by molar-refractivity contribution is -0.146. The van der Waals surface area contributed by atoms with Gasteiger partial charge >= 0.3 is 0 Å². The van der Waals surface area contributed by atoms with Crippen molar-refractivity contribution in [3.8, 4) is 5.75 Å². The van der Waals surface area contributed by atoms with Gasteiger partial charge in [0.25, 0.3) is 0 Å². The van der Waals surface area contributed by atoms with Crippen LogP contribution in [0.2, 0.25) is 0 Å². The number of rotatable bonds is 17. The first-order chi connectivity index (χ1) is 33.0. The second-order valence-electron chi connectivity index (χ2n) is 18.0. The minimum atomic E-state index is -1.82. The number of hydrogen-bond acceptors (Lipinski definition) is 13. The van der Waals surface area contributed by atoms with Crippen LogP contribution in [0, 0.1) is 11.8 Å². The lowest BCUT2D eigenvalue weighted by Gasteiger charge is -2.38. The van der Waals surface area contributed by atoms with Crippen LogP contribution in [0.1, 0.15) is 97.5 Å². The minimum Gasteiger partial charge on any atom is -0.508 e. The van der Waals surface area contributed by atoms with E-state index in [0.717, 1.165) is 0 Å². The average Bonchev–Trinajstić information content (AvgIpc) is 3.30. The predicted octanol–water partition coefficient (Wildman–Crippen LogP) is -4.03. The molecular formula is C45H68N12O13. The zero-order valence-electron chi connectivity index (χ0n) is 39.9. The fourth-order valence-electron chi connectivity index (χ4n) is 7.79. The van der Waals surface area contributed by atoms with E-state index >= 15 is 0 Å². The van der Waals surface area contributed by atoms with Crippen LogP contribution < -0.4 is 59.7 Å². The topological polar surface area (TPSA) is 403 Å². The van der Waals surface area contributed by atoms with Gasteiger partial charge in [0.15, 0.2) is 0 Å². The Hall–Kier alpha value is -7.34. The highest BCUT2D eigenvalue weighted by Crippen LogP contribution is 2.21. The highest BCUT2D eigenvalue weighted by molar-refractivity contribution is 5.99. The minimum absolute atomic E-state index is 0.0163. The molecule has 1 aromatic carbocycles. The summed E-state index contributed by atoms with van der Waals surface area (Å²) in [5, 5.41) is 29.8. The van der Waals surface area contributed by atoms with E-state index in [4.69, 9.17) is 17.2 Å². The summed E-state index contributed by atoms with van der Waals surface area (Å²) in [6.07, 6.45) is -1.39. The van der Waals surface area contributed by atoms with Crippen molar-refractivity contribution in [2.75, 3.05) is 19.6 Å². The maximum Gasteiger partial charge on any atom is 0.245 e. The molecule has 8 atom stereocenters. The second-order valence-corrected chi connectivity index (χ2v) is 18.0. The molecule has 1 aromatic rings. The number of hydrogen-bond donors (Lipinski definition) is 12. The predicted molar refractivity (Wildman–Crippen MR) is 248 cm³/mol. The van der Waals surface area contributed by atoms with Crippen molar-refractivity contribution in [2.45, 2.75) is 141 Å². The van der Waals surface area contributed by atoms with Crippen molar-refractivity contribution in [1.82, 2.24) is 47.4 Å². The largest absolute Gasteiger partial charge is 0.508 e.